The summed E-state index contributed by atoms with van der Waals surface area (Å²) >= 11 is 0. The van der Waals surface area contributed by atoms with Gasteiger partial charge in [0.2, 0.25) is 5.91 Å². The van der Waals surface area contributed by atoms with E-state index in [4.69, 9.17) is 0 Å². The molecule has 2 rings (SSSR count). The molecule has 20 heavy (non-hydrogen) atoms. The molecule has 2 aliphatic rings. The zero-order valence-corrected chi connectivity index (χ0v) is 12.3. The van der Waals surface area contributed by atoms with Gasteiger partial charge in [-0.2, -0.15) is 5.10 Å². The van der Waals surface area contributed by atoms with Crippen molar-refractivity contribution in [3.63, 3.8) is 0 Å². The molecule has 1 atom stereocenters. The monoisotopic (exact) mass is 280 g/mol. The van der Waals surface area contributed by atoms with Gasteiger partial charge in [-0.05, 0) is 45.7 Å². The van der Waals surface area contributed by atoms with E-state index in [9.17, 15) is 9.59 Å². The molecule has 1 unspecified atom stereocenters. The van der Waals surface area contributed by atoms with Crippen LogP contribution < -0.4 is 10.7 Å². The smallest absolute Gasteiger partial charge is 0.270 e. The Morgan fingerprint density at radius 2 is 2.25 bits per heavy atom. The number of rotatable bonds is 4. The second-order valence-electron chi connectivity index (χ2n) is 5.86. The molecule has 1 saturated heterocycles. The Labute approximate surface area is 120 Å². The van der Waals surface area contributed by atoms with Gasteiger partial charge in [-0.25, -0.2) is 5.43 Å². The van der Waals surface area contributed by atoms with Crippen LogP contribution in [0.4, 0.5) is 0 Å². The van der Waals surface area contributed by atoms with Gasteiger partial charge < -0.3 is 10.2 Å². The van der Waals surface area contributed by atoms with Crippen molar-refractivity contribution >= 4 is 17.5 Å². The van der Waals surface area contributed by atoms with Gasteiger partial charge in [-0.1, -0.05) is 0 Å². The molecular weight excluding hydrogens is 256 g/mol. The van der Waals surface area contributed by atoms with E-state index < -0.39 is 0 Å². The van der Waals surface area contributed by atoms with Gasteiger partial charge in [0.15, 0.2) is 0 Å². The van der Waals surface area contributed by atoms with Crippen LogP contribution in [0.2, 0.25) is 0 Å². The number of carbonyl (C=O) groups excluding carboxylic acids is 2. The number of amides is 2. The minimum absolute atomic E-state index is 0.0365. The summed E-state index contributed by atoms with van der Waals surface area (Å²) in [5.41, 5.74) is 2.87. The molecule has 0 spiro atoms. The maximum atomic E-state index is 12.5. The predicted molar refractivity (Wildman–Crippen MR) is 77.3 cm³/mol. The van der Waals surface area contributed by atoms with E-state index in [1.807, 2.05) is 18.7 Å². The first-order valence-corrected chi connectivity index (χ1v) is 7.45. The summed E-state index contributed by atoms with van der Waals surface area (Å²) < 4.78 is 0. The molecule has 112 valence electrons. The van der Waals surface area contributed by atoms with Crippen LogP contribution in [-0.2, 0) is 9.59 Å². The molecule has 6 nitrogen and oxygen atoms in total. The van der Waals surface area contributed by atoms with Crippen LogP contribution in [0.25, 0.3) is 0 Å². The quantitative estimate of drug-likeness (QED) is 0.787. The Kier molecular flexibility index (Phi) is 5.11. The van der Waals surface area contributed by atoms with E-state index >= 15 is 0 Å². The van der Waals surface area contributed by atoms with Crippen molar-refractivity contribution in [2.24, 2.45) is 11.0 Å². The van der Waals surface area contributed by atoms with Crippen molar-refractivity contribution in [3.05, 3.63) is 0 Å². The second-order valence-corrected chi connectivity index (χ2v) is 5.86. The molecule has 2 N–H and O–H groups in total. The number of nitrogens with one attached hydrogen (secondary N) is 2. The van der Waals surface area contributed by atoms with E-state index in [0.29, 0.717) is 24.5 Å². The van der Waals surface area contributed by atoms with Crippen LogP contribution in [0.5, 0.6) is 0 Å². The van der Waals surface area contributed by atoms with Crippen molar-refractivity contribution in [3.8, 4) is 0 Å². The number of piperidine rings is 1. The molecule has 2 heterocycles. The Morgan fingerprint density at radius 1 is 1.45 bits per heavy atom. The molecule has 0 saturated carbocycles. The first-order valence-electron chi connectivity index (χ1n) is 7.45. The number of nitrogens with zero attached hydrogens (tertiary/aromatic N) is 2. The Morgan fingerprint density at radius 3 is 2.80 bits per heavy atom. The van der Waals surface area contributed by atoms with E-state index in [-0.39, 0.29) is 17.9 Å². The van der Waals surface area contributed by atoms with Gasteiger partial charge in [0, 0.05) is 25.4 Å². The molecule has 0 radical (unpaired) electrons. The molecule has 2 aliphatic heterocycles. The van der Waals surface area contributed by atoms with Crippen molar-refractivity contribution in [2.45, 2.75) is 45.6 Å². The third kappa shape index (κ3) is 3.79. The van der Waals surface area contributed by atoms with E-state index in [1.54, 1.807) is 0 Å². The van der Waals surface area contributed by atoms with Crippen molar-refractivity contribution in [2.75, 3.05) is 19.6 Å². The fraction of sp³-hybridized carbons (Fsp3) is 0.786. The maximum Gasteiger partial charge on any atom is 0.270 e. The van der Waals surface area contributed by atoms with Gasteiger partial charge >= 0.3 is 0 Å². The average Bonchev–Trinajstić information content (AvgIpc) is 2.45. The minimum Gasteiger partial charge on any atom is -0.335 e. The van der Waals surface area contributed by atoms with Gasteiger partial charge in [-0.15, -0.1) is 0 Å². The van der Waals surface area contributed by atoms with Gasteiger partial charge in [0.05, 0.1) is 0 Å². The summed E-state index contributed by atoms with van der Waals surface area (Å²) in [6.07, 6.45) is 3.12. The fourth-order valence-corrected chi connectivity index (χ4v) is 2.68. The SMILES string of the molecule is CC(C)N(CC1CCCNC1)C(=O)C1=NNC(=O)CC1. The lowest BCUT2D eigenvalue weighted by Crippen LogP contribution is -2.48. The van der Waals surface area contributed by atoms with E-state index in [1.165, 1.54) is 6.42 Å². The molecule has 0 aliphatic carbocycles. The topological polar surface area (TPSA) is 73.8 Å². The van der Waals surface area contributed by atoms with Crippen molar-refractivity contribution < 1.29 is 9.59 Å². The van der Waals surface area contributed by atoms with E-state index in [0.717, 1.165) is 26.1 Å². The molecule has 1 fully saturated rings. The Hall–Kier alpha value is -1.43. The van der Waals surface area contributed by atoms with Crippen LogP contribution in [-0.4, -0.2) is 48.1 Å². The van der Waals surface area contributed by atoms with Crippen LogP contribution in [0, 0.1) is 5.92 Å². The highest BCUT2D eigenvalue weighted by molar-refractivity contribution is 6.39. The first kappa shape index (κ1) is 15.0. The molecule has 2 amide bonds. The normalized spacial score (nSPS) is 23.2. The number of carbonyl (C=O) groups is 2. The van der Waals surface area contributed by atoms with Gasteiger partial charge in [0.1, 0.15) is 5.71 Å². The number of hydrogen-bond donors (Lipinski definition) is 2. The lowest BCUT2D eigenvalue weighted by atomic mass is 9.98. The summed E-state index contributed by atoms with van der Waals surface area (Å²) in [7, 11) is 0. The molecule has 0 aromatic carbocycles. The first-order chi connectivity index (χ1) is 9.58. The standard InChI is InChI=1S/C14H24N4O2/c1-10(2)18(9-11-4-3-7-15-8-11)14(20)12-5-6-13(19)17-16-12/h10-11,15H,3-9H2,1-2H3,(H,17,19). The van der Waals surface area contributed by atoms with Gasteiger partial charge in [-0.3, -0.25) is 9.59 Å². The molecule has 0 aromatic rings. The average molecular weight is 280 g/mol. The fourth-order valence-electron chi connectivity index (χ4n) is 2.68. The number of hydrogen-bond acceptors (Lipinski definition) is 4. The van der Waals surface area contributed by atoms with Crippen LogP contribution >= 0.6 is 0 Å². The van der Waals surface area contributed by atoms with Crippen LogP contribution in [0.3, 0.4) is 0 Å². The third-order valence-electron chi connectivity index (χ3n) is 3.89. The Balaban J connectivity index is 2.00. The molecule has 6 heteroatoms. The van der Waals surface area contributed by atoms with Crippen molar-refractivity contribution in [1.82, 2.24) is 15.6 Å². The Bertz CT molecular complexity index is 400. The second kappa shape index (κ2) is 6.83. The third-order valence-corrected chi connectivity index (χ3v) is 3.89. The highest BCUT2D eigenvalue weighted by atomic mass is 16.2. The molecular formula is C14H24N4O2. The summed E-state index contributed by atoms with van der Waals surface area (Å²) in [5, 5.41) is 7.30. The van der Waals surface area contributed by atoms with Crippen molar-refractivity contribution in [1.29, 1.82) is 0 Å². The lowest BCUT2D eigenvalue weighted by molar-refractivity contribution is -0.126. The van der Waals surface area contributed by atoms with Gasteiger partial charge in [0.25, 0.3) is 5.91 Å². The highest BCUT2D eigenvalue weighted by Crippen LogP contribution is 2.15. The highest BCUT2D eigenvalue weighted by Gasteiger charge is 2.27. The van der Waals surface area contributed by atoms with Crippen LogP contribution in [0.15, 0.2) is 5.10 Å². The zero-order valence-electron chi connectivity index (χ0n) is 12.3. The predicted octanol–water partition coefficient (Wildman–Crippen LogP) is 0.489. The summed E-state index contributed by atoms with van der Waals surface area (Å²) in [6.45, 7) is 6.85. The minimum atomic E-state index is -0.117. The molecule has 0 bridgehead atoms. The molecule has 0 aromatic heterocycles. The number of hydrazone groups is 1. The largest absolute Gasteiger partial charge is 0.335 e. The van der Waals surface area contributed by atoms with Crippen LogP contribution in [0.1, 0.15) is 39.5 Å². The van der Waals surface area contributed by atoms with E-state index in [2.05, 4.69) is 15.8 Å². The maximum absolute atomic E-state index is 12.5. The lowest BCUT2D eigenvalue weighted by Gasteiger charge is -2.33. The summed E-state index contributed by atoms with van der Waals surface area (Å²) in [5.74, 6) is 0.355. The summed E-state index contributed by atoms with van der Waals surface area (Å²) in [4.78, 5) is 25.5. The zero-order chi connectivity index (χ0) is 14.5. The summed E-state index contributed by atoms with van der Waals surface area (Å²) in [6, 6.07) is 0.143.